The number of likely N-dealkylation sites (N-methyl/N-ethyl adjacent to an activating group) is 1. The molecule has 0 aliphatic heterocycles. The van der Waals surface area contributed by atoms with Crippen LogP contribution in [0.1, 0.15) is 32.5 Å². The van der Waals surface area contributed by atoms with Crippen molar-refractivity contribution in [2.75, 3.05) is 26.4 Å². The number of amides is 1. The summed E-state index contributed by atoms with van der Waals surface area (Å²) in [7, 11) is 4.00. The molecule has 1 aromatic carbocycles. The van der Waals surface area contributed by atoms with E-state index in [4.69, 9.17) is 5.73 Å². The van der Waals surface area contributed by atoms with Crippen LogP contribution >= 0.6 is 11.5 Å². The maximum Gasteiger partial charge on any atom is 0.265 e. The van der Waals surface area contributed by atoms with Gasteiger partial charge in [0.15, 0.2) is 0 Å². The smallest absolute Gasteiger partial charge is 0.265 e. The van der Waals surface area contributed by atoms with Gasteiger partial charge in [-0.25, -0.2) is 0 Å². The van der Waals surface area contributed by atoms with Crippen LogP contribution in [0.4, 0.5) is 5.69 Å². The summed E-state index contributed by atoms with van der Waals surface area (Å²) in [6, 6.07) is 8.46. The maximum atomic E-state index is 12.3. The van der Waals surface area contributed by atoms with Crippen LogP contribution in [-0.2, 0) is 0 Å². The molecule has 0 spiro atoms. The SMILES string of the molecule is Cc1ccc(C(CNC(=O)c2snc(C)c2N)N(C)C)cc1. The maximum absolute atomic E-state index is 12.3. The highest BCUT2D eigenvalue weighted by atomic mass is 32.1. The molecular formula is C16H22N4OS. The van der Waals surface area contributed by atoms with Crippen LogP contribution < -0.4 is 11.1 Å². The molecule has 1 unspecified atom stereocenters. The molecule has 0 bridgehead atoms. The molecule has 0 saturated heterocycles. The first-order valence-electron chi connectivity index (χ1n) is 7.13. The van der Waals surface area contributed by atoms with Crippen LogP contribution in [0.25, 0.3) is 0 Å². The van der Waals surface area contributed by atoms with Gasteiger partial charge in [-0.15, -0.1) is 0 Å². The highest BCUT2D eigenvalue weighted by Gasteiger charge is 2.19. The van der Waals surface area contributed by atoms with Crippen LogP contribution in [-0.4, -0.2) is 35.8 Å². The molecule has 1 amide bonds. The fourth-order valence-corrected chi connectivity index (χ4v) is 2.93. The van der Waals surface area contributed by atoms with Gasteiger partial charge in [0, 0.05) is 6.54 Å². The molecule has 22 heavy (non-hydrogen) atoms. The third kappa shape index (κ3) is 3.64. The standard InChI is InChI=1S/C16H22N4OS/c1-10-5-7-12(8-6-10)13(20(3)4)9-18-16(21)15-14(17)11(2)19-22-15/h5-8,13H,9,17H2,1-4H3,(H,18,21). The van der Waals surface area contributed by atoms with Crippen molar-refractivity contribution in [1.29, 1.82) is 0 Å². The van der Waals surface area contributed by atoms with E-state index in [9.17, 15) is 4.79 Å². The number of rotatable bonds is 5. The molecule has 2 rings (SSSR count). The highest BCUT2D eigenvalue weighted by molar-refractivity contribution is 7.08. The van der Waals surface area contributed by atoms with Crippen molar-refractivity contribution in [1.82, 2.24) is 14.6 Å². The number of nitrogens with zero attached hydrogens (tertiary/aromatic N) is 2. The summed E-state index contributed by atoms with van der Waals surface area (Å²) < 4.78 is 4.11. The Morgan fingerprint density at radius 1 is 1.32 bits per heavy atom. The van der Waals surface area contributed by atoms with Gasteiger partial charge in [0.2, 0.25) is 0 Å². The van der Waals surface area contributed by atoms with Crippen molar-refractivity contribution in [3.05, 3.63) is 46.0 Å². The van der Waals surface area contributed by atoms with Gasteiger partial charge in [0.25, 0.3) is 5.91 Å². The number of nitrogen functional groups attached to an aromatic ring is 1. The van der Waals surface area contributed by atoms with Gasteiger partial charge in [0.1, 0.15) is 4.88 Å². The van der Waals surface area contributed by atoms with Gasteiger partial charge in [-0.2, -0.15) is 4.37 Å². The average Bonchev–Trinajstić information content (AvgIpc) is 2.80. The Morgan fingerprint density at radius 2 is 1.95 bits per heavy atom. The molecule has 0 aliphatic rings. The van der Waals surface area contributed by atoms with E-state index in [1.807, 2.05) is 14.1 Å². The van der Waals surface area contributed by atoms with E-state index in [2.05, 4.69) is 45.8 Å². The number of hydrogen-bond acceptors (Lipinski definition) is 5. The number of anilines is 1. The zero-order valence-corrected chi connectivity index (χ0v) is 14.2. The van der Waals surface area contributed by atoms with Crippen molar-refractivity contribution in [2.24, 2.45) is 0 Å². The lowest BCUT2D eigenvalue weighted by Gasteiger charge is -2.25. The van der Waals surface area contributed by atoms with Gasteiger partial charge in [-0.3, -0.25) is 4.79 Å². The third-order valence-electron chi connectivity index (χ3n) is 3.66. The highest BCUT2D eigenvalue weighted by Crippen LogP contribution is 2.22. The first-order chi connectivity index (χ1) is 10.4. The van der Waals surface area contributed by atoms with Gasteiger partial charge in [-0.1, -0.05) is 29.8 Å². The first kappa shape index (κ1) is 16.5. The van der Waals surface area contributed by atoms with Crippen molar-refractivity contribution in [2.45, 2.75) is 19.9 Å². The summed E-state index contributed by atoms with van der Waals surface area (Å²) in [5.74, 6) is -0.165. The summed E-state index contributed by atoms with van der Waals surface area (Å²) in [5.41, 5.74) is 9.44. The molecule has 5 nitrogen and oxygen atoms in total. The van der Waals surface area contributed by atoms with E-state index in [1.54, 1.807) is 6.92 Å². The number of aromatic nitrogens is 1. The Balaban J connectivity index is 2.08. The van der Waals surface area contributed by atoms with E-state index >= 15 is 0 Å². The second-order valence-corrected chi connectivity index (χ2v) is 6.38. The van der Waals surface area contributed by atoms with Crippen LogP contribution in [0, 0.1) is 13.8 Å². The number of aryl methyl sites for hydroxylation is 2. The molecule has 6 heteroatoms. The molecule has 0 fully saturated rings. The molecule has 0 saturated carbocycles. The second-order valence-electron chi connectivity index (χ2n) is 5.61. The minimum atomic E-state index is -0.165. The summed E-state index contributed by atoms with van der Waals surface area (Å²) in [4.78, 5) is 14.8. The number of nitrogens with one attached hydrogen (secondary N) is 1. The fraction of sp³-hybridized carbons (Fsp3) is 0.375. The zero-order chi connectivity index (χ0) is 16.3. The van der Waals surface area contributed by atoms with E-state index in [0.717, 1.165) is 11.5 Å². The number of benzene rings is 1. The molecule has 1 atom stereocenters. The lowest BCUT2D eigenvalue weighted by molar-refractivity contribution is 0.0946. The lowest BCUT2D eigenvalue weighted by atomic mass is 10.0. The van der Waals surface area contributed by atoms with E-state index in [0.29, 0.717) is 22.8 Å². The van der Waals surface area contributed by atoms with Crippen LogP contribution in [0.5, 0.6) is 0 Å². The quantitative estimate of drug-likeness (QED) is 0.888. The number of carbonyl (C=O) groups excluding carboxylic acids is 1. The van der Waals surface area contributed by atoms with Gasteiger partial charge in [-0.05, 0) is 45.0 Å². The van der Waals surface area contributed by atoms with Crippen molar-refractivity contribution >= 4 is 23.1 Å². The molecule has 3 N–H and O–H groups in total. The summed E-state index contributed by atoms with van der Waals surface area (Å²) in [6.07, 6.45) is 0. The molecule has 1 aromatic heterocycles. The predicted octanol–water partition coefficient (Wildman–Crippen LogP) is 2.37. The van der Waals surface area contributed by atoms with Crippen molar-refractivity contribution in [3.63, 3.8) is 0 Å². The molecular weight excluding hydrogens is 296 g/mol. The lowest BCUT2D eigenvalue weighted by Crippen LogP contribution is -2.34. The molecule has 1 heterocycles. The summed E-state index contributed by atoms with van der Waals surface area (Å²) in [5, 5.41) is 2.96. The minimum Gasteiger partial charge on any atom is -0.396 e. The van der Waals surface area contributed by atoms with E-state index < -0.39 is 0 Å². The zero-order valence-electron chi connectivity index (χ0n) is 13.4. The Labute approximate surface area is 135 Å². The number of hydrogen-bond donors (Lipinski definition) is 2. The summed E-state index contributed by atoms with van der Waals surface area (Å²) >= 11 is 1.14. The van der Waals surface area contributed by atoms with Crippen molar-refractivity contribution in [3.8, 4) is 0 Å². The topological polar surface area (TPSA) is 71.2 Å². The normalized spacial score (nSPS) is 12.4. The molecule has 118 valence electrons. The van der Waals surface area contributed by atoms with Gasteiger partial charge < -0.3 is 16.0 Å². The fourth-order valence-electron chi connectivity index (χ4n) is 2.20. The largest absolute Gasteiger partial charge is 0.396 e. The predicted molar refractivity (Wildman–Crippen MR) is 91.2 cm³/mol. The van der Waals surface area contributed by atoms with Crippen LogP contribution in [0.15, 0.2) is 24.3 Å². The monoisotopic (exact) mass is 318 g/mol. The summed E-state index contributed by atoms with van der Waals surface area (Å²) in [6.45, 7) is 4.38. The van der Waals surface area contributed by atoms with Crippen molar-refractivity contribution < 1.29 is 4.79 Å². The Bertz CT molecular complexity index is 649. The van der Waals surface area contributed by atoms with Crippen LogP contribution in [0.2, 0.25) is 0 Å². The Kier molecular flexibility index (Phi) is 5.15. The van der Waals surface area contributed by atoms with E-state index in [1.165, 1.54) is 11.1 Å². The molecule has 0 aliphatic carbocycles. The first-order valence-corrected chi connectivity index (χ1v) is 7.90. The molecule has 2 aromatic rings. The number of carbonyl (C=O) groups is 1. The second kappa shape index (κ2) is 6.89. The van der Waals surface area contributed by atoms with Gasteiger partial charge >= 0.3 is 0 Å². The average molecular weight is 318 g/mol. The van der Waals surface area contributed by atoms with Crippen LogP contribution in [0.3, 0.4) is 0 Å². The van der Waals surface area contributed by atoms with Gasteiger partial charge in [0.05, 0.1) is 17.4 Å². The minimum absolute atomic E-state index is 0.111. The number of nitrogens with two attached hydrogens (primary N) is 1. The Hall–Kier alpha value is -1.92. The molecule has 0 radical (unpaired) electrons. The Morgan fingerprint density at radius 3 is 2.45 bits per heavy atom. The van der Waals surface area contributed by atoms with E-state index in [-0.39, 0.29) is 11.9 Å². The third-order valence-corrected chi connectivity index (χ3v) is 4.61.